The van der Waals surface area contributed by atoms with Gasteiger partial charge in [0.2, 0.25) is 0 Å². The zero-order chi connectivity index (χ0) is 14.1. The number of piperidine rings is 1. The average Bonchev–Trinajstić information content (AvgIpc) is 2.88. The lowest BCUT2D eigenvalue weighted by atomic mass is 10.2. The maximum absolute atomic E-state index is 11.7. The molecule has 0 spiro atoms. The molecule has 6 nitrogen and oxygen atoms in total. The van der Waals surface area contributed by atoms with E-state index in [1.54, 1.807) is 0 Å². The summed E-state index contributed by atoms with van der Waals surface area (Å²) < 4.78 is 5.14. The van der Waals surface area contributed by atoms with Crippen LogP contribution in [0.5, 0.6) is 0 Å². The van der Waals surface area contributed by atoms with Crippen molar-refractivity contribution < 1.29 is 19.4 Å². The Morgan fingerprint density at radius 2 is 1.90 bits per heavy atom. The number of nitrogens with one attached hydrogen (secondary N) is 1. The third-order valence-corrected chi connectivity index (χ3v) is 3.96. The molecule has 1 aliphatic heterocycles. The monoisotopic (exact) mass is 276 g/mol. The van der Waals surface area contributed by atoms with Crippen LogP contribution in [0.4, 0.5) is 9.59 Å². The Kier molecular flexibility index (Phi) is 3.22. The molecule has 1 saturated heterocycles. The van der Waals surface area contributed by atoms with Gasteiger partial charge < -0.3 is 20.1 Å². The maximum atomic E-state index is 11.7. The Balaban J connectivity index is 1.40. The second-order valence-electron chi connectivity index (χ2n) is 5.25. The molecule has 2 aliphatic rings. The number of rotatable bonds is 3. The van der Waals surface area contributed by atoms with Gasteiger partial charge >= 0.3 is 12.2 Å². The van der Waals surface area contributed by atoms with Crippen molar-refractivity contribution in [2.24, 2.45) is 11.8 Å². The molecule has 1 saturated carbocycles. The van der Waals surface area contributed by atoms with Gasteiger partial charge in [0, 0.05) is 31.0 Å². The van der Waals surface area contributed by atoms with Gasteiger partial charge in [0.25, 0.3) is 0 Å². The quantitative estimate of drug-likeness (QED) is 0.877. The van der Waals surface area contributed by atoms with Gasteiger partial charge in [-0.25, -0.2) is 9.59 Å². The highest BCUT2D eigenvalue weighted by atomic mass is 16.5. The summed E-state index contributed by atoms with van der Waals surface area (Å²) in [6.45, 7) is 1.25. The SMILES string of the molecule is O=C(NC1[C@H]2CN(C(=O)O)C[C@@H]12)OCc1ccccc1. The van der Waals surface area contributed by atoms with E-state index in [1.165, 1.54) is 4.90 Å². The van der Waals surface area contributed by atoms with Crippen molar-refractivity contribution in [3.63, 3.8) is 0 Å². The molecule has 106 valence electrons. The lowest BCUT2D eigenvalue weighted by molar-refractivity contribution is 0.134. The van der Waals surface area contributed by atoms with Crippen molar-refractivity contribution in [1.29, 1.82) is 0 Å². The first-order valence-corrected chi connectivity index (χ1v) is 6.60. The van der Waals surface area contributed by atoms with E-state index in [0.29, 0.717) is 13.1 Å². The minimum Gasteiger partial charge on any atom is -0.465 e. The number of hydrogen-bond acceptors (Lipinski definition) is 3. The number of alkyl carbamates (subject to hydrolysis) is 1. The third kappa shape index (κ3) is 2.54. The van der Waals surface area contributed by atoms with Crippen LogP contribution >= 0.6 is 0 Å². The lowest BCUT2D eigenvalue weighted by Gasteiger charge is -2.16. The molecule has 2 amide bonds. The van der Waals surface area contributed by atoms with Crippen LogP contribution in [0.25, 0.3) is 0 Å². The number of carbonyl (C=O) groups is 2. The molecule has 1 heterocycles. The van der Waals surface area contributed by atoms with Gasteiger partial charge in [0.15, 0.2) is 0 Å². The summed E-state index contributed by atoms with van der Waals surface area (Å²) in [5.74, 6) is 0.491. The topological polar surface area (TPSA) is 78.9 Å². The lowest BCUT2D eigenvalue weighted by Crippen LogP contribution is -2.36. The van der Waals surface area contributed by atoms with E-state index in [9.17, 15) is 9.59 Å². The van der Waals surface area contributed by atoms with Gasteiger partial charge in [-0.3, -0.25) is 0 Å². The van der Waals surface area contributed by atoms with Crippen LogP contribution in [0.3, 0.4) is 0 Å². The molecule has 2 N–H and O–H groups in total. The van der Waals surface area contributed by atoms with Crippen LogP contribution in [0.15, 0.2) is 30.3 Å². The van der Waals surface area contributed by atoms with E-state index in [4.69, 9.17) is 9.84 Å². The van der Waals surface area contributed by atoms with E-state index in [2.05, 4.69) is 5.32 Å². The van der Waals surface area contributed by atoms with Crippen LogP contribution in [0, 0.1) is 11.8 Å². The number of hydrogen-bond donors (Lipinski definition) is 2. The fourth-order valence-electron chi connectivity index (χ4n) is 2.80. The van der Waals surface area contributed by atoms with Crippen molar-refractivity contribution in [2.45, 2.75) is 12.6 Å². The number of benzene rings is 1. The number of ether oxygens (including phenoxy) is 1. The summed E-state index contributed by atoms with van der Waals surface area (Å²) >= 11 is 0. The molecule has 0 aromatic heterocycles. The highest BCUT2D eigenvalue weighted by Gasteiger charge is 2.57. The van der Waals surface area contributed by atoms with Crippen molar-refractivity contribution in [3.8, 4) is 0 Å². The number of carbonyl (C=O) groups excluding carboxylic acids is 1. The molecule has 2 fully saturated rings. The molecule has 6 heteroatoms. The number of fused-ring (bicyclic) bond motifs is 1. The summed E-state index contributed by atoms with van der Waals surface area (Å²) in [5.41, 5.74) is 0.940. The fraction of sp³-hybridized carbons (Fsp3) is 0.429. The van der Waals surface area contributed by atoms with Crippen LogP contribution in [-0.4, -0.2) is 41.3 Å². The summed E-state index contributed by atoms with van der Waals surface area (Å²) in [6.07, 6.45) is -1.32. The molecule has 1 aromatic rings. The number of amides is 2. The molecule has 0 radical (unpaired) electrons. The molecular weight excluding hydrogens is 260 g/mol. The van der Waals surface area contributed by atoms with Gasteiger partial charge in [-0.1, -0.05) is 30.3 Å². The highest BCUT2D eigenvalue weighted by Crippen LogP contribution is 2.45. The first kappa shape index (κ1) is 12.8. The predicted octanol–water partition coefficient (Wildman–Crippen LogP) is 1.52. The first-order chi connectivity index (χ1) is 9.65. The minimum absolute atomic E-state index is 0.0638. The van der Waals surface area contributed by atoms with E-state index in [1.807, 2.05) is 30.3 Å². The zero-order valence-corrected chi connectivity index (χ0v) is 10.9. The summed E-state index contributed by atoms with van der Waals surface area (Å²) in [7, 11) is 0. The van der Waals surface area contributed by atoms with Crippen molar-refractivity contribution in [3.05, 3.63) is 35.9 Å². The molecule has 20 heavy (non-hydrogen) atoms. The molecule has 3 atom stereocenters. The molecule has 1 aromatic carbocycles. The van der Waals surface area contributed by atoms with E-state index in [-0.39, 0.29) is 24.5 Å². The van der Waals surface area contributed by atoms with Gasteiger partial charge in [-0.05, 0) is 5.56 Å². The Labute approximate surface area is 116 Å². The normalized spacial score (nSPS) is 26.8. The molecule has 3 rings (SSSR count). The van der Waals surface area contributed by atoms with Gasteiger partial charge in [0.05, 0.1) is 0 Å². The molecule has 1 aliphatic carbocycles. The Hall–Kier alpha value is -2.24. The van der Waals surface area contributed by atoms with Crippen molar-refractivity contribution in [2.75, 3.05) is 13.1 Å². The molecule has 1 unspecified atom stereocenters. The Morgan fingerprint density at radius 3 is 2.50 bits per heavy atom. The molecular formula is C14H16N2O4. The van der Waals surface area contributed by atoms with Gasteiger partial charge in [0.1, 0.15) is 6.61 Å². The minimum atomic E-state index is -0.886. The Morgan fingerprint density at radius 1 is 1.25 bits per heavy atom. The largest absolute Gasteiger partial charge is 0.465 e. The van der Waals surface area contributed by atoms with Crippen molar-refractivity contribution in [1.82, 2.24) is 10.2 Å². The third-order valence-electron chi connectivity index (χ3n) is 3.96. The Bertz CT molecular complexity index is 507. The second-order valence-corrected chi connectivity index (χ2v) is 5.25. The van der Waals surface area contributed by atoms with Crippen LogP contribution in [0.2, 0.25) is 0 Å². The zero-order valence-electron chi connectivity index (χ0n) is 10.9. The number of carboxylic acid groups (broad SMARTS) is 1. The highest BCUT2D eigenvalue weighted by molar-refractivity contribution is 5.69. The van der Waals surface area contributed by atoms with Crippen molar-refractivity contribution >= 4 is 12.2 Å². The maximum Gasteiger partial charge on any atom is 0.407 e. The summed E-state index contributed by atoms with van der Waals surface area (Å²) in [5, 5.41) is 11.6. The van der Waals surface area contributed by atoms with E-state index in [0.717, 1.165) is 5.56 Å². The fourth-order valence-corrected chi connectivity index (χ4v) is 2.80. The standard InChI is InChI=1S/C14H16N2O4/c17-13(20-8-9-4-2-1-3-5-9)15-12-10-6-16(14(18)19)7-11(10)12/h1-5,10-12H,6-8H2,(H,15,17)(H,18,19)/t10-,11+,12?. The van der Waals surface area contributed by atoms with E-state index < -0.39 is 12.2 Å². The number of likely N-dealkylation sites (tertiary alicyclic amines) is 1. The average molecular weight is 276 g/mol. The van der Waals surface area contributed by atoms with Crippen LogP contribution in [-0.2, 0) is 11.3 Å². The van der Waals surface area contributed by atoms with Crippen LogP contribution < -0.4 is 5.32 Å². The van der Waals surface area contributed by atoms with Gasteiger partial charge in [-0.2, -0.15) is 0 Å². The van der Waals surface area contributed by atoms with Crippen LogP contribution in [0.1, 0.15) is 5.56 Å². The predicted molar refractivity (Wildman–Crippen MR) is 70.1 cm³/mol. The number of nitrogens with zero attached hydrogens (tertiary/aromatic N) is 1. The summed E-state index contributed by atoms with van der Waals surface area (Å²) in [6, 6.07) is 9.54. The van der Waals surface area contributed by atoms with Gasteiger partial charge in [-0.15, -0.1) is 0 Å². The van der Waals surface area contributed by atoms with E-state index >= 15 is 0 Å². The second kappa shape index (κ2) is 5.03. The molecule has 0 bridgehead atoms. The smallest absolute Gasteiger partial charge is 0.407 e. The first-order valence-electron chi connectivity index (χ1n) is 6.60. The summed E-state index contributed by atoms with van der Waals surface area (Å²) in [4.78, 5) is 23.8.